The van der Waals surface area contributed by atoms with Crippen molar-refractivity contribution >= 4 is 91.4 Å². The van der Waals surface area contributed by atoms with Crippen LogP contribution < -0.4 is 0 Å². The van der Waals surface area contributed by atoms with Crippen molar-refractivity contribution in [2.45, 2.75) is 0 Å². The van der Waals surface area contributed by atoms with E-state index in [0.717, 1.165) is 0 Å². The third-order valence-corrected chi connectivity index (χ3v) is 11.0. The van der Waals surface area contributed by atoms with Gasteiger partial charge in [-0.3, -0.25) is 0 Å². The lowest BCUT2D eigenvalue weighted by molar-refractivity contribution is 1.19. The molecule has 11 rings (SSSR count). The molecule has 7 aromatic carbocycles. The summed E-state index contributed by atoms with van der Waals surface area (Å²) in [5.41, 5.74) is 10.0. The van der Waals surface area contributed by atoms with E-state index in [-0.39, 0.29) is 0 Å². The number of nitrogens with zero attached hydrogens (tertiary/aromatic N) is 2. The fraction of sp³-hybridized carbons (Fsp3) is 0. The quantitative estimate of drug-likeness (QED) is 0.190. The van der Waals surface area contributed by atoms with Crippen molar-refractivity contribution in [1.29, 1.82) is 0 Å². The van der Waals surface area contributed by atoms with Crippen LogP contribution in [0.2, 0.25) is 0 Å². The van der Waals surface area contributed by atoms with Crippen LogP contribution in [0.25, 0.3) is 96.9 Å². The van der Waals surface area contributed by atoms with Crippen LogP contribution in [0.15, 0.2) is 146 Å². The van der Waals surface area contributed by atoms with Crippen LogP contribution in [-0.4, -0.2) is 8.97 Å². The standard InChI is InChI=1S/C42H24N2S/c1-2-12-25(13-3-1)31-22-26(23-33-28-15-7-11-21-38(28)45-42(31)33)43-35-19-9-5-16-29(35)39-37(43)24-32-27-14-4-8-18-34(27)44-36-20-10-6-17-30(36)40(39)41(32)44/h1-24H. The van der Waals surface area contributed by atoms with E-state index in [1.54, 1.807) is 0 Å². The van der Waals surface area contributed by atoms with Gasteiger partial charge in [0, 0.05) is 63.7 Å². The Labute approximate surface area is 261 Å². The second-order valence-electron chi connectivity index (χ2n) is 12.1. The predicted octanol–water partition coefficient (Wildman–Crippen LogP) is 12.0. The number of benzene rings is 7. The van der Waals surface area contributed by atoms with E-state index in [2.05, 4.69) is 155 Å². The number of thiophene rings is 1. The number of fused-ring (bicyclic) bond motifs is 13. The molecule has 0 saturated carbocycles. The van der Waals surface area contributed by atoms with Crippen LogP contribution in [0.1, 0.15) is 0 Å². The van der Waals surface area contributed by atoms with Crippen molar-refractivity contribution in [1.82, 2.24) is 8.97 Å². The Morgan fingerprint density at radius 3 is 1.84 bits per heavy atom. The van der Waals surface area contributed by atoms with Crippen molar-refractivity contribution in [3.63, 3.8) is 0 Å². The van der Waals surface area contributed by atoms with Gasteiger partial charge in [-0.25, -0.2) is 0 Å². The van der Waals surface area contributed by atoms with Crippen LogP contribution in [0.5, 0.6) is 0 Å². The Morgan fingerprint density at radius 1 is 0.422 bits per heavy atom. The van der Waals surface area contributed by atoms with Gasteiger partial charge in [0.05, 0.1) is 27.6 Å². The number of hydrogen-bond acceptors (Lipinski definition) is 1. The molecule has 0 fully saturated rings. The lowest BCUT2D eigenvalue weighted by Gasteiger charge is -2.12. The zero-order valence-corrected chi connectivity index (χ0v) is 25.0. The molecule has 0 spiro atoms. The van der Waals surface area contributed by atoms with Gasteiger partial charge in [0.2, 0.25) is 0 Å². The first-order valence-corrected chi connectivity index (χ1v) is 16.3. The molecule has 0 atom stereocenters. The molecule has 0 N–H and O–H groups in total. The van der Waals surface area contributed by atoms with Gasteiger partial charge < -0.3 is 8.97 Å². The largest absolute Gasteiger partial charge is 0.309 e. The number of hydrogen-bond donors (Lipinski definition) is 0. The average Bonchev–Trinajstić information content (AvgIpc) is 3.83. The van der Waals surface area contributed by atoms with Crippen LogP contribution in [0, 0.1) is 0 Å². The molecule has 0 aliphatic heterocycles. The van der Waals surface area contributed by atoms with E-state index in [1.165, 1.54) is 96.9 Å². The minimum atomic E-state index is 1.19. The van der Waals surface area contributed by atoms with Gasteiger partial charge in [-0.1, -0.05) is 103 Å². The number of para-hydroxylation sites is 3. The molecule has 11 aromatic rings. The Morgan fingerprint density at radius 2 is 1.04 bits per heavy atom. The van der Waals surface area contributed by atoms with Crippen molar-refractivity contribution < 1.29 is 0 Å². The summed E-state index contributed by atoms with van der Waals surface area (Å²) >= 11 is 1.89. The summed E-state index contributed by atoms with van der Waals surface area (Å²) in [5, 5.41) is 10.5. The normalized spacial score (nSPS) is 12.4. The topological polar surface area (TPSA) is 9.34 Å². The predicted molar refractivity (Wildman–Crippen MR) is 194 cm³/mol. The summed E-state index contributed by atoms with van der Waals surface area (Å²) in [6.07, 6.45) is 0. The fourth-order valence-electron chi connectivity index (χ4n) is 8.02. The second kappa shape index (κ2) is 8.50. The van der Waals surface area contributed by atoms with Gasteiger partial charge in [-0.15, -0.1) is 11.3 Å². The molecule has 2 nitrogen and oxygen atoms in total. The summed E-state index contributed by atoms with van der Waals surface area (Å²) in [6, 6.07) is 53.7. The van der Waals surface area contributed by atoms with E-state index < -0.39 is 0 Å². The molecule has 208 valence electrons. The Bertz CT molecular complexity index is 2970. The Hall–Kier alpha value is -5.64. The number of aromatic nitrogens is 2. The van der Waals surface area contributed by atoms with E-state index in [9.17, 15) is 0 Å². The smallest absolute Gasteiger partial charge is 0.0628 e. The molecule has 0 amide bonds. The van der Waals surface area contributed by atoms with Crippen LogP contribution in [0.3, 0.4) is 0 Å². The summed E-state index contributed by atoms with van der Waals surface area (Å²) in [6.45, 7) is 0. The average molecular weight is 589 g/mol. The first-order chi connectivity index (χ1) is 22.3. The first kappa shape index (κ1) is 23.8. The highest BCUT2D eigenvalue weighted by molar-refractivity contribution is 7.26. The van der Waals surface area contributed by atoms with Gasteiger partial charge >= 0.3 is 0 Å². The minimum absolute atomic E-state index is 1.19. The van der Waals surface area contributed by atoms with Crippen LogP contribution in [0.4, 0.5) is 0 Å². The molecule has 0 unspecified atom stereocenters. The summed E-state index contributed by atoms with van der Waals surface area (Å²) in [5.74, 6) is 0. The second-order valence-corrected chi connectivity index (χ2v) is 13.2. The first-order valence-electron chi connectivity index (χ1n) is 15.5. The van der Waals surface area contributed by atoms with E-state index in [4.69, 9.17) is 0 Å². The molecular formula is C42H24N2S. The molecule has 3 heteroatoms. The minimum Gasteiger partial charge on any atom is -0.309 e. The van der Waals surface area contributed by atoms with Gasteiger partial charge in [0.25, 0.3) is 0 Å². The van der Waals surface area contributed by atoms with Crippen LogP contribution >= 0.6 is 11.3 Å². The maximum atomic E-state index is 2.52. The van der Waals surface area contributed by atoms with E-state index >= 15 is 0 Å². The lowest BCUT2D eigenvalue weighted by atomic mass is 10.0. The van der Waals surface area contributed by atoms with Gasteiger partial charge in [0.15, 0.2) is 0 Å². The van der Waals surface area contributed by atoms with E-state index in [0.29, 0.717) is 0 Å². The van der Waals surface area contributed by atoms with Gasteiger partial charge in [-0.05, 0) is 48.0 Å². The Kier molecular flexibility index (Phi) is 4.49. The molecule has 4 heterocycles. The maximum Gasteiger partial charge on any atom is 0.0628 e. The van der Waals surface area contributed by atoms with Crippen molar-refractivity contribution in [3.05, 3.63) is 146 Å². The third-order valence-electron chi connectivity index (χ3n) is 9.81. The highest BCUT2D eigenvalue weighted by Crippen LogP contribution is 2.48. The molecule has 0 aliphatic carbocycles. The molecule has 4 aromatic heterocycles. The summed E-state index contributed by atoms with van der Waals surface area (Å²) in [4.78, 5) is 0. The van der Waals surface area contributed by atoms with Crippen molar-refractivity contribution in [2.24, 2.45) is 0 Å². The maximum absolute atomic E-state index is 2.52. The van der Waals surface area contributed by atoms with Gasteiger partial charge in [0.1, 0.15) is 0 Å². The fourth-order valence-corrected chi connectivity index (χ4v) is 9.24. The zero-order valence-electron chi connectivity index (χ0n) is 24.2. The number of rotatable bonds is 2. The molecule has 0 saturated heterocycles. The summed E-state index contributed by atoms with van der Waals surface area (Å²) < 4.78 is 7.66. The molecule has 45 heavy (non-hydrogen) atoms. The van der Waals surface area contributed by atoms with Gasteiger partial charge in [-0.2, -0.15) is 0 Å². The highest BCUT2D eigenvalue weighted by atomic mass is 32.1. The summed E-state index contributed by atoms with van der Waals surface area (Å²) in [7, 11) is 0. The highest BCUT2D eigenvalue weighted by Gasteiger charge is 2.24. The molecular weight excluding hydrogens is 565 g/mol. The third kappa shape index (κ3) is 2.98. The zero-order chi connectivity index (χ0) is 29.2. The van der Waals surface area contributed by atoms with E-state index in [1.807, 2.05) is 11.3 Å². The molecule has 0 bridgehead atoms. The van der Waals surface area contributed by atoms with Crippen molar-refractivity contribution in [2.75, 3.05) is 0 Å². The monoisotopic (exact) mass is 588 g/mol. The SMILES string of the molecule is c1ccc(-c2cc(-n3c4ccccc4c4c5c6ccccc6n6c7ccccc7c(cc43)c56)cc3c2sc2ccccc23)cc1. The van der Waals surface area contributed by atoms with Crippen molar-refractivity contribution in [3.8, 4) is 16.8 Å². The molecule has 0 radical (unpaired) electrons. The molecule has 0 aliphatic rings. The lowest BCUT2D eigenvalue weighted by Crippen LogP contribution is -1.95. The Balaban J connectivity index is 1.38. The van der Waals surface area contributed by atoms with Crippen LogP contribution in [-0.2, 0) is 0 Å².